The van der Waals surface area contributed by atoms with Gasteiger partial charge in [-0.1, -0.05) is 86.2 Å². The van der Waals surface area contributed by atoms with E-state index in [-0.39, 0.29) is 22.9 Å². The summed E-state index contributed by atoms with van der Waals surface area (Å²) in [4.78, 5) is 24.3. The van der Waals surface area contributed by atoms with Gasteiger partial charge < -0.3 is 15.2 Å². The molecule has 0 aliphatic heterocycles. The normalized spacial score (nSPS) is 16.7. The molecular formula is C24H26ClF2NO4. The van der Waals surface area contributed by atoms with Crippen LogP contribution in [0.3, 0.4) is 0 Å². The molecule has 0 radical (unpaired) electrons. The Morgan fingerprint density at radius 2 is 1.78 bits per heavy atom. The Morgan fingerprint density at radius 3 is 2.41 bits per heavy atom. The Labute approximate surface area is 190 Å². The number of hydrogen-bond donors (Lipinski definition) is 2. The van der Waals surface area contributed by atoms with Crippen LogP contribution in [0.25, 0.3) is 0 Å². The van der Waals surface area contributed by atoms with E-state index in [4.69, 9.17) is 16.3 Å². The van der Waals surface area contributed by atoms with Gasteiger partial charge in [-0.3, -0.25) is 0 Å². The highest BCUT2D eigenvalue weighted by Gasteiger charge is 2.46. The maximum atomic E-state index is 15.4. The number of carboxylic acid groups (broad SMARTS) is 1. The van der Waals surface area contributed by atoms with Crippen LogP contribution in [-0.4, -0.2) is 23.2 Å². The minimum absolute atomic E-state index is 0.0757. The SMILES string of the molecule is O=C(N[C@@H](CC1CCCCC1)C(=O)O)O[C@@H](c1ccccc1)C(F)(F)c1cccc(Cl)c1. The first-order valence-electron chi connectivity index (χ1n) is 10.7. The standard InChI is InChI=1S/C24H26ClF2NO4/c25-19-13-7-12-18(15-19)24(26,27)21(17-10-5-2-6-11-17)32-23(31)28-20(22(29)30)14-16-8-3-1-4-9-16/h2,5-7,10-13,15-16,20-21H,1,3-4,8-9,14H2,(H,28,31)(H,29,30)/t20-,21-/m0/s1. The van der Waals surface area contributed by atoms with E-state index in [9.17, 15) is 14.7 Å². The number of hydrogen-bond acceptors (Lipinski definition) is 3. The smallest absolute Gasteiger partial charge is 0.408 e. The molecule has 1 aliphatic rings. The van der Waals surface area contributed by atoms with Crippen molar-refractivity contribution >= 4 is 23.7 Å². The van der Waals surface area contributed by atoms with E-state index >= 15 is 8.78 Å². The van der Waals surface area contributed by atoms with Crippen molar-refractivity contribution in [1.29, 1.82) is 0 Å². The second-order valence-electron chi connectivity index (χ2n) is 8.10. The number of carboxylic acids is 1. The number of amides is 1. The Balaban J connectivity index is 1.79. The van der Waals surface area contributed by atoms with Crippen LogP contribution >= 0.6 is 11.6 Å². The van der Waals surface area contributed by atoms with Crippen LogP contribution in [0.5, 0.6) is 0 Å². The number of carbonyl (C=O) groups is 2. The number of ether oxygens (including phenoxy) is 1. The second-order valence-corrected chi connectivity index (χ2v) is 8.54. The first kappa shape index (κ1) is 24.0. The lowest BCUT2D eigenvalue weighted by Crippen LogP contribution is -2.44. The molecule has 1 fully saturated rings. The summed E-state index contributed by atoms with van der Waals surface area (Å²) in [6, 6.07) is 11.6. The van der Waals surface area contributed by atoms with E-state index in [1.807, 2.05) is 0 Å². The fourth-order valence-electron chi connectivity index (χ4n) is 4.09. The summed E-state index contributed by atoms with van der Waals surface area (Å²) >= 11 is 5.88. The van der Waals surface area contributed by atoms with Gasteiger partial charge in [-0.15, -0.1) is 0 Å². The van der Waals surface area contributed by atoms with Crippen LogP contribution in [0.15, 0.2) is 54.6 Å². The number of carbonyl (C=O) groups excluding carboxylic acids is 1. The molecule has 0 saturated heterocycles. The largest absolute Gasteiger partial charge is 0.480 e. The van der Waals surface area contributed by atoms with Crippen molar-refractivity contribution in [2.75, 3.05) is 0 Å². The summed E-state index contributed by atoms with van der Waals surface area (Å²) in [7, 11) is 0. The van der Waals surface area contributed by atoms with Crippen molar-refractivity contribution < 1.29 is 28.2 Å². The number of alkyl carbamates (subject to hydrolysis) is 1. The highest BCUT2D eigenvalue weighted by molar-refractivity contribution is 6.30. The molecule has 0 unspecified atom stereocenters. The van der Waals surface area contributed by atoms with E-state index in [2.05, 4.69) is 5.32 Å². The number of nitrogens with one attached hydrogen (secondary N) is 1. The van der Waals surface area contributed by atoms with Gasteiger partial charge in [0.2, 0.25) is 0 Å². The monoisotopic (exact) mass is 465 g/mol. The third kappa shape index (κ3) is 6.19. The van der Waals surface area contributed by atoms with Gasteiger partial charge in [0.05, 0.1) is 0 Å². The van der Waals surface area contributed by atoms with Crippen LogP contribution in [-0.2, 0) is 15.5 Å². The maximum absolute atomic E-state index is 15.4. The quantitative estimate of drug-likeness (QED) is 0.478. The van der Waals surface area contributed by atoms with Crippen LogP contribution < -0.4 is 5.32 Å². The molecule has 0 bridgehead atoms. The first-order valence-corrected chi connectivity index (χ1v) is 11.0. The Kier molecular flexibility index (Phi) is 8.07. The van der Waals surface area contributed by atoms with Crippen LogP contribution in [0, 0.1) is 5.92 Å². The highest BCUT2D eigenvalue weighted by Crippen LogP contribution is 2.43. The van der Waals surface area contributed by atoms with Gasteiger partial charge >= 0.3 is 18.0 Å². The van der Waals surface area contributed by atoms with Crippen molar-refractivity contribution in [2.24, 2.45) is 5.92 Å². The van der Waals surface area contributed by atoms with Crippen molar-refractivity contribution in [3.05, 3.63) is 70.7 Å². The Bertz CT molecular complexity index is 919. The molecule has 2 N–H and O–H groups in total. The summed E-state index contributed by atoms with van der Waals surface area (Å²) in [6.07, 6.45) is 1.99. The van der Waals surface area contributed by atoms with Crippen LogP contribution in [0.1, 0.15) is 55.8 Å². The molecule has 8 heteroatoms. The number of aliphatic carboxylic acids is 1. The minimum Gasteiger partial charge on any atom is -0.480 e. The summed E-state index contributed by atoms with van der Waals surface area (Å²) in [5, 5.41) is 11.9. The van der Waals surface area contributed by atoms with E-state index in [1.165, 1.54) is 30.3 Å². The third-order valence-electron chi connectivity index (χ3n) is 5.75. The number of alkyl halides is 2. The first-order chi connectivity index (χ1) is 15.3. The number of rotatable bonds is 8. The summed E-state index contributed by atoms with van der Waals surface area (Å²) in [6.45, 7) is 0. The number of halogens is 3. The van der Waals surface area contributed by atoms with Gasteiger partial charge in [-0.2, -0.15) is 8.78 Å². The molecule has 1 aliphatic carbocycles. The molecule has 2 aromatic rings. The average Bonchev–Trinajstić information content (AvgIpc) is 2.78. The molecule has 3 rings (SSSR count). The van der Waals surface area contributed by atoms with Crippen molar-refractivity contribution in [3.63, 3.8) is 0 Å². The molecule has 0 aromatic heterocycles. The van der Waals surface area contributed by atoms with Gasteiger partial charge in [0.25, 0.3) is 0 Å². The van der Waals surface area contributed by atoms with E-state index in [0.717, 1.165) is 38.2 Å². The van der Waals surface area contributed by atoms with Gasteiger partial charge in [0.1, 0.15) is 6.04 Å². The molecule has 0 spiro atoms. The molecule has 1 saturated carbocycles. The zero-order chi connectivity index (χ0) is 23.1. The molecular weight excluding hydrogens is 440 g/mol. The zero-order valence-electron chi connectivity index (χ0n) is 17.5. The van der Waals surface area contributed by atoms with Gasteiger partial charge in [0.15, 0.2) is 6.10 Å². The molecule has 0 heterocycles. The van der Waals surface area contributed by atoms with Gasteiger partial charge in [-0.05, 0) is 30.0 Å². The molecule has 1 amide bonds. The third-order valence-corrected chi connectivity index (χ3v) is 5.99. The average molecular weight is 466 g/mol. The van der Waals surface area contributed by atoms with E-state index < -0.39 is 35.7 Å². The maximum Gasteiger partial charge on any atom is 0.408 e. The lowest BCUT2D eigenvalue weighted by atomic mass is 9.85. The Hall–Kier alpha value is -2.67. The van der Waals surface area contributed by atoms with E-state index in [0.29, 0.717) is 0 Å². The molecule has 5 nitrogen and oxygen atoms in total. The number of benzene rings is 2. The highest BCUT2D eigenvalue weighted by atomic mass is 35.5. The molecule has 32 heavy (non-hydrogen) atoms. The lowest BCUT2D eigenvalue weighted by molar-refractivity contribution is -0.140. The zero-order valence-corrected chi connectivity index (χ0v) is 18.2. The van der Waals surface area contributed by atoms with Gasteiger partial charge in [0, 0.05) is 10.6 Å². The van der Waals surface area contributed by atoms with E-state index in [1.54, 1.807) is 18.2 Å². The van der Waals surface area contributed by atoms with Crippen molar-refractivity contribution in [1.82, 2.24) is 5.32 Å². The topological polar surface area (TPSA) is 75.6 Å². The fraction of sp³-hybridized carbons (Fsp3) is 0.417. The van der Waals surface area contributed by atoms with Gasteiger partial charge in [-0.25, -0.2) is 9.59 Å². The molecule has 172 valence electrons. The summed E-state index contributed by atoms with van der Waals surface area (Å²) in [5.74, 6) is -4.65. The predicted octanol–water partition coefficient (Wildman–Crippen LogP) is 6.32. The summed E-state index contributed by atoms with van der Waals surface area (Å²) in [5.41, 5.74) is -0.338. The fourth-order valence-corrected chi connectivity index (χ4v) is 4.28. The minimum atomic E-state index is -3.61. The predicted molar refractivity (Wildman–Crippen MR) is 117 cm³/mol. The Morgan fingerprint density at radius 1 is 1.09 bits per heavy atom. The summed E-state index contributed by atoms with van der Waals surface area (Å²) < 4.78 is 36.0. The van der Waals surface area contributed by atoms with Crippen molar-refractivity contribution in [3.8, 4) is 0 Å². The van der Waals surface area contributed by atoms with Crippen molar-refractivity contribution in [2.45, 2.75) is 56.6 Å². The molecule has 2 aromatic carbocycles. The second kappa shape index (κ2) is 10.8. The van der Waals surface area contributed by atoms with Crippen LogP contribution in [0.4, 0.5) is 13.6 Å². The molecule has 2 atom stereocenters. The van der Waals surface area contributed by atoms with Crippen LogP contribution in [0.2, 0.25) is 5.02 Å². The lowest BCUT2D eigenvalue weighted by Gasteiger charge is -2.29.